The SMILES string of the molecule is O=C(CCc1ccccn1)C1CC2CCC(C1)S2. The molecule has 0 aromatic carbocycles. The Morgan fingerprint density at radius 1 is 1.28 bits per heavy atom. The van der Waals surface area contributed by atoms with Crippen molar-refractivity contribution >= 4 is 17.5 Å². The van der Waals surface area contributed by atoms with Crippen LogP contribution in [0.4, 0.5) is 0 Å². The predicted molar refractivity (Wildman–Crippen MR) is 74.7 cm³/mol. The molecule has 1 aromatic heterocycles. The maximum Gasteiger partial charge on any atom is 0.136 e. The Labute approximate surface area is 113 Å². The average Bonchev–Trinajstić information content (AvgIpc) is 2.76. The van der Waals surface area contributed by atoms with Crippen molar-refractivity contribution in [3.05, 3.63) is 30.1 Å². The number of carbonyl (C=O) groups is 1. The third-order valence-corrected chi connectivity index (χ3v) is 5.73. The van der Waals surface area contributed by atoms with E-state index in [4.69, 9.17) is 0 Å². The molecule has 2 aliphatic heterocycles. The van der Waals surface area contributed by atoms with Crippen LogP contribution >= 0.6 is 11.8 Å². The highest BCUT2D eigenvalue weighted by atomic mass is 32.2. The Morgan fingerprint density at radius 3 is 2.72 bits per heavy atom. The molecular formula is C15H19NOS. The number of nitrogens with zero attached hydrogens (tertiary/aromatic N) is 1. The number of hydrogen-bond acceptors (Lipinski definition) is 3. The van der Waals surface area contributed by atoms with Gasteiger partial charge < -0.3 is 0 Å². The van der Waals surface area contributed by atoms with Gasteiger partial charge in [0.15, 0.2) is 0 Å². The molecule has 18 heavy (non-hydrogen) atoms. The lowest BCUT2D eigenvalue weighted by Gasteiger charge is -2.26. The van der Waals surface area contributed by atoms with Crippen LogP contribution in [0.3, 0.4) is 0 Å². The summed E-state index contributed by atoms with van der Waals surface area (Å²) in [5.74, 6) is 0.810. The fraction of sp³-hybridized carbons (Fsp3) is 0.600. The third kappa shape index (κ3) is 2.77. The molecule has 2 saturated heterocycles. The second-order valence-corrected chi connectivity index (χ2v) is 7.02. The summed E-state index contributed by atoms with van der Waals surface area (Å²) in [5.41, 5.74) is 1.04. The molecule has 2 aliphatic rings. The molecular weight excluding hydrogens is 242 g/mol. The van der Waals surface area contributed by atoms with Gasteiger partial charge in [-0.25, -0.2) is 0 Å². The van der Waals surface area contributed by atoms with Gasteiger partial charge in [0.05, 0.1) is 0 Å². The predicted octanol–water partition coefficient (Wildman–Crippen LogP) is 3.26. The minimum Gasteiger partial charge on any atom is -0.299 e. The van der Waals surface area contributed by atoms with Crippen LogP contribution in [0.1, 0.15) is 37.8 Å². The Hall–Kier alpha value is -0.830. The van der Waals surface area contributed by atoms with Gasteiger partial charge in [0.25, 0.3) is 0 Å². The fourth-order valence-electron chi connectivity index (χ4n) is 3.12. The van der Waals surface area contributed by atoms with Crippen LogP contribution in [0.25, 0.3) is 0 Å². The van der Waals surface area contributed by atoms with E-state index in [0.29, 0.717) is 18.1 Å². The van der Waals surface area contributed by atoms with Crippen LogP contribution in [-0.4, -0.2) is 21.3 Å². The maximum atomic E-state index is 12.3. The van der Waals surface area contributed by atoms with Gasteiger partial charge in [0.1, 0.15) is 5.78 Å². The first-order valence-electron chi connectivity index (χ1n) is 6.89. The van der Waals surface area contributed by atoms with Crippen molar-refractivity contribution in [3.63, 3.8) is 0 Å². The first kappa shape index (κ1) is 12.2. The van der Waals surface area contributed by atoms with Crippen LogP contribution in [0.2, 0.25) is 0 Å². The van der Waals surface area contributed by atoms with Gasteiger partial charge >= 0.3 is 0 Å². The summed E-state index contributed by atoms with van der Waals surface area (Å²) in [4.78, 5) is 16.5. The number of thioether (sulfide) groups is 1. The second-order valence-electron chi connectivity index (χ2n) is 5.41. The van der Waals surface area contributed by atoms with Crippen molar-refractivity contribution < 1.29 is 4.79 Å². The van der Waals surface area contributed by atoms with E-state index in [1.165, 1.54) is 12.8 Å². The van der Waals surface area contributed by atoms with Crippen LogP contribution in [0.15, 0.2) is 24.4 Å². The largest absolute Gasteiger partial charge is 0.299 e. The fourth-order valence-corrected chi connectivity index (χ4v) is 4.90. The van der Waals surface area contributed by atoms with Gasteiger partial charge in [-0.05, 0) is 44.2 Å². The van der Waals surface area contributed by atoms with Crippen LogP contribution in [-0.2, 0) is 11.2 Å². The maximum absolute atomic E-state index is 12.3. The number of hydrogen-bond donors (Lipinski definition) is 0. The molecule has 1 aromatic rings. The molecule has 0 spiro atoms. The molecule has 96 valence electrons. The number of pyridine rings is 1. The molecule has 2 unspecified atom stereocenters. The molecule has 0 N–H and O–H groups in total. The van der Waals surface area contributed by atoms with E-state index < -0.39 is 0 Å². The highest BCUT2D eigenvalue weighted by Gasteiger charge is 2.37. The molecule has 3 heterocycles. The Bertz CT molecular complexity index is 408. The monoisotopic (exact) mass is 261 g/mol. The van der Waals surface area contributed by atoms with Crippen molar-refractivity contribution in [1.29, 1.82) is 0 Å². The topological polar surface area (TPSA) is 30.0 Å². The van der Waals surface area contributed by atoms with E-state index in [1.807, 2.05) is 18.2 Å². The molecule has 0 saturated carbocycles. The number of carbonyl (C=O) groups excluding carboxylic acids is 1. The lowest BCUT2D eigenvalue weighted by molar-refractivity contribution is -0.123. The van der Waals surface area contributed by atoms with Crippen LogP contribution in [0.5, 0.6) is 0 Å². The molecule has 0 radical (unpaired) electrons. The van der Waals surface area contributed by atoms with Crippen molar-refractivity contribution in [3.8, 4) is 0 Å². The minimum absolute atomic E-state index is 0.340. The number of rotatable bonds is 4. The molecule has 3 rings (SSSR count). The van der Waals surface area contributed by atoms with Crippen molar-refractivity contribution in [2.24, 2.45) is 5.92 Å². The Kier molecular flexibility index (Phi) is 3.69. The highest BCUT2D eigenvalue weighted by molar-refractivity contribution is 8.00. The van der Waals surface area contributed by atoms with Gasteiger partial charge in [-0.2, -0.15) is 11.8 Å². The zero-order chi connectivity index (χ0) is 12.4. The van der Waals surface area contributed by atoms with E-state index in [9.17, 15) is 4.79 Å². The molecule has 2 bridgehead atoms. The third-order valence-electron chi connectivity index (χ3n) is 4.10. The number of aromatic nitrogens is 1. The normalized spacial score (nSPS) is 30.3. The van der Waals surface area contributed by atoms with Crippen molar-refractivity contribution in [2.45, 2.75) is 49.0 Å². The Morgan fingerprint density at radius 2 is 2.06 bits per heavy atom. The lowest BCUT2D eigenvalue weighted by atomic mass is 9.91. The van der Waals surface area contributed by atoms with Crippen molar-refractivity contribution in [1.82, 2.24) is 4.98 Å². The van der Waals surface area contributed by atoms with E-state index in [1.54, 1.807) is 6.20 Å². The zero-order valence-corrected chi connectivity index (χ0v) is 11.4. The summed E-state index contributed by atoms with van der Waals surface area (Å²) in [6.07, 6.45) is 8.20. The van der Waals surface area contributed by atoms with Crippen LogP contribution in [0, 0.1) is 5.92 Å². The van der Waals surface area contributed by atoms with E-state index >= 15 is 0 Å². The van der Waals surface area contributed by atoms with E-state index in [-0.39, 0.29) is 0 Å². The quantitative estimate of drug-likeness (QED) is 0.833. The van der Waals surface area contributed by atoms with E-state index in [0.717, 1.165) is 35.5 Å². The molecule has 3 heteroatoms. The van der Waals surface area contributed by atoms with Gasteiger partial charge in [-0.15, -0.1) is 0 Å². The number of Topliss-reactive ketones (excluding diaryl/α,β-unsaturated/α-hetero) is 1. The van der Waals surface area contributed by atoms with Crippen molar-refractivity contribution in [2.75, 3.05) is 0 Å². The molecule has 0 amide bonds. The average molecular weight is 261 g/mol. The van der Waals surface area contributed by atoms with Gasteiger partial charge in [0.2, 0.25) is 0 Å². The summed E-state index contributed by atoms with van der Waals surface area (Å²) < 4.78 is 0. The zero-order valence-electron chi connectivity index (χ0n) is 10.5. The lowest BCUT2D eigenvalue weighted by Crippen LogP contribution is -2.25. The summed E-state index contributed by atoms with van der Waals surface area (Å²) in [6.45, 7) is 0. The van der Waals surface area contributed by atoms with Gasteiger partial charge in [-0.1, -0.05) is 6.07 Å². The first-order valence-corrected chi connectivity index (χ1v) is 7.83. The summed E-state index contributed by atoms with van der Waals surface area (Å²) in [5, 5.41) is 1.54. The number of fused-ring (bicyclic) bond motifs is 2. The second kappa shape index (κ2) is 5.43. The molecule has 2 atom stereocenters. The van der Waals surface area contributed by atoms with Crippen LogP contribution < -0.4 is 0 Å². The molecule has 0 aliphatic carbocycles. The number of aryl methyl sites for hydroxylation is 1. The minimum atomic E-state index is 0.340. The highest BCUT2D eigenvalue weighted by Crippen LogP contribution is 2.46. The van der Waals surface area contributed by atoms with Gasteiger partial charge in [-0.3, -0.25) is 9.78 Å². The van der Waals surface area contributed by atoms with E-state index in [2.05, 4.69) is 16.7 Å². The number of ketones is 1. The standard InChI is InChI=1S/C15H19NOS/c17-15(7-4-12-3-1-2-8-16-12)11-9-13-5-6-14(10-11)18-13/h1-3,8,11,13-14H,4-7,9-10H2. The molecule has 2 fully saturated rings. The van der Waals surface area contributed by atoms with Gasteiger partial charge in [0, 0.05) is 34.7 Å². The Balaban J connectivity index is 1.53. The summed E-state index contributed by atoms with van der Waals surface area (Å²) >= 11 is 2.12. The summed E-state index contributed by atoms with van der Waals surface area (Å²) in [7, 11) is 0. The smallest absolute Gasteiger partial charge is 0.136 e. The first-order chi connectivity index (χ1) is 8.81. The summed E-state index contributed by atoms with van der Waals surface area (Å²) in [6, 6.07) is 5.92. The molecule has 2 nitrogen and oxygen atoms in total.